The van der Waals surface area contributed by atoms with Gasteiger partial charge in [-0.3, -0.25) is 14.5 Å². The van der Waals surface area contributed by atoms with Crippen LogP contribution in [0.1, 0.15) is 21.7 Å². The smallest absolute Gasteiger partial charge is 0.252 e. The van der Waals surface area contributed by atoms with Crippen molar-refractivity contribution in [2.45, 2.75) is 20.4 Å². The number of rotatable bonds is 4. The van der Waals surface area contributed by atoms with Crippen LogP contribution in [0.5, 0.6) is 0 Å². The van der Waals surface area contributed by atoms with Crippen LogP contribution in [-0.2, 0) is 6.54 Å². The first-order valence-electron chi connectivity index (χ1n) is 7.39. The van der Waals surface area contributed by atoms with Crippen LogP contribution < -0.4 is 5.32 Å². The third-order valence-corrected chi connectivity index (χ3v) is 3.87. The van der Waals surface area contributed by atoms with E-state index < -0.39 is 0 Å². The molecule has 2 aromatic heterocycles. The van der Waals surface area contributed by atoms with Gasteiger partial charge in [0.1, 0.15) is 0 Å². The van der Waals surface area contributed by atoms with Gasteiger partial charge in [0.2, 0.25) is 0 Å². The molecule has 5 nitrogen and oxygen atoms in total. The molecule has 118 valence electrons. The van der Waals surface area contributed by atoms with Crippen LogP contribution in [0.3, 0.4) is 0 Å². The number of nitrogens with zero attached hydrogens (tertiary/aromatic N) is 3. The van der Waals surface area contributed by atoms with Gasteiger partial charge in [0.25, 0.3) is 5.91 Å². The number of amides is 1. The van der Waals surface area contributed by atoms with E-state index in [0.717, 1.165) is 16.8 Å². The van der Waals surface area contributed by atoms with Crippen molar-refractivity contribution in [3.05, 3.63) is 58.5 Å². The highest BCUT2D eigenvalue weighted by Gasteiger charge is 2.13. The molecular weight excluding hydrogens is 312 g/mol. The Labute approximate surface area is 139 Å². The molecule has 0 saturated heterocycles. The lowest BCUT2D eigenvalue weighted by molar-refractivity contribution is 0.0953. The lowest BCUT2D eigenvalue weighted by atomic mass is 10.1. The largest absolute Gasteiger partial charge is 0.350 e. The lowest BCUT2D eigenvalue weighted by Gasteiger charge is -2.10. The molecule has 0 aliphatic rings. The number of hydrogen-bond acceptors (Lipinski definition) is 3. The van der Waals surface area contributed by atoms with Crippen LogP contribution in [0.4, 0.5) is 0 Å². The Hall–Kier alpha value is -2.40. The zero-order chi connectivity index (χ0) is 16.4. The number of nitrogens with one attached hydrogen (secondary N) is 1. The van der Waals surface area contributed by atoms with Gasteiger partial charge in [0, 0.05) is 23.8 Å². The monoisotopic (exact) mass is 328 g/mol. The minimum atomic E-state index is -0.133. The first kappa shape index (κ1) is 15.5. The second-order valence-electron chi connectivity index (χ2n) is 5.42. The van der Waals surface area contributed by atoms with Crippen molar-refractivity contribution in [3.63, 3.8) is 0 Å². The SMILES string of the molecule is Cc1cc(C(=O)NCCn2ccc(C)n2)c2cccc(Cl)c2n1. The number of hydrogen-bond donors (Lipinski definition) is 1. The third-order valence-electron chi connectivity index (χ3n) is 3.56. The Morgan fingerprint density at radius 1 is 1.26 bits per heavy atom. The molecule has 1 aromatic carbocycles. The summed E-state index contributed by atoms with van der Waals surface area (Å²) in [6.45, 7) is 4.92. The van der Waals surface area contributed by atoms with Gasteiger partial charge in [-0.1, -0.05) is 23.7 Å². The molecule has 0 aliphatic heterocycles. The quantitative estimate of drug-likeness (QED) is 0.800. The molecule has 1 N–H and O–H groups in total. The number of aryl methyl sites for hydroxylation is 2. The summed E-state index contributed by atoms with van der Waals surface area (Å²) in [5.74, 6) is -0.133. The molecule has 0 spiro atoms. The summed E-state index contributed by atoms with van der Waals surface area (Å²) >= 11 is 6.19. The average molecular weight is 329 g/mol. The zero-order valence-corrected chi connectivity index (χ0v) is 13.8. The van der Waals surface area contributed by atoms with Crippen LogP contribution in [0, 0.1) is 13.8 Å². The van der Waals surface area contributed by atoms with Crippen LogP contribution in [0.25, 0.3) is 10.9 Å². The number of pyridine rings is 1. The summed E-state index contributed by atoms with van der Waals surface area (Å²) in [4.78, 5) is 16.9. The molecule has 2 heterocycles. The summed E-state index contributed by atoms with van der Waals surface area (Å²) in [5.41, 5.74) is 2.97. The maximum Gasteiger partial charge on any atom is 0.252 e. The standard InChI is InChI=1S/C17H17ClN4O/c1-11-6-8-22(21-11)9-7-19-17(23)14-10-12(2)20-16-13(14)4-3-5-15(16)18/h3-6,8,10H,7,9H2,1-2H3,(H,19,23). The molecule has 0 aliphatic carbocycles. The average Bonchev–Trinajstić information content (AvgIpc) is 2.93. The molecule has 0 fully saturated rings. The Balaban J connectivity index is 1.79. The first-order chi connectivity index (χ1) is 11.0. The fraction of sp³-hybridized carbons (Fsp3) is 0.235. The van der Waals surface area contributed by atoms with Crippen molar-refractivity contribution < 1.29 is 4.79 Å². The molecular formula is C17H17ClN4O. The molecule has 0 atom stereocenters. The Kier molecular flexibility index (Phi) is 4.30. The van der Waals surface area contributed by atoms with Crippen LogP contribution in [-0.4, -0.2) is 27.2 Å². The fourth-order valence-corrected chi connectivity index (χ4v) is 2.71. The number of aromatic nitrogens is 3. The highest BCUT2D eigenvalue weighted by molar-refractivity contribution is 6.35. The van der Waals surface area contributed by atoms with Crippen molar-refractivity contribution in [3.8, 4) is 0 Å². The minimum Gasteiger partial charge on any atom is -0.350 e. The van der Waals surface area contributed by atoms with Crippen LogP contribution in [0.15, 0.2) is 36.5 Å². The first-order valence-corrected chi connectivity index (χ1v) is 7.76. The van der Waals surface area contributed by atoms with Gasteiger partial charge in [0.15, 0.2) is 0 Å². The third kappa shape index (κ3) is 3.35. The summed E-state index contributed by atoms with van der Waals surface area (Å²) in [7, 11) is 0. The highest BCUT2D eigenvalue weighted by Crippen LogP contribution is 2.25. The van der Waals surface area contributed by atoms with E-state index in [0.29, 0.717) is 29.2 Å². The molecule has 23 heavy (non-hydrogen) atoms. The van der Waals surface area contributed by atoms with Gasteiger partial charge in [-0.15, -0.1) is 0 Å². The normalized spacial score (nSPS) is 10.9. The Morgan fingerprint density at radius 2 is 2.09 bits per heavy atom. The topological polar surface area (TPSA) is 59.8 Å². The lowest BCUT2D eigenvalue weighted by Crippen LogP contribution is -2.27. The van der Waals surface area contributed by atoms with Gasteiger partial charge in [0.05, 0.1) is 28.3 Å². The maximum absolute atomic E-state index is 12.5. The summed E-state index contributed by atoms with van der Waals surface area (Å²) in [6.07, 6.45) is 1.90. The van der Waals surface area contributed by atoms with Gasteiger partial charge >= 0.3 is 0 Å². The van der Waals surface area contributed by atoms with Gasteiger partial charge in [-0.2, -0.15) is 5.10 Å². The molecule has 0 saturated carbocycles. The zero-order valence-electron chi connectivity index (χ0n) is 13.0. The number of carbonyl (C=O) groups excluding carboxylic acids is 1. The molecule has 0 radical (unpaired) electrons. The van der Waals surface area contributed by atoms with Crippen molar-refractivity contribution in [1.29, 1.82) is 0 Å². The second-order valence-corrected chi connectivity index (χ2v) is 5.83. The molecule has 3 rings (SSSR count). The van der Waals surface area contributed by atoms with Gasteiger partial charge < -0.3 is 5.32 Å². The van der Waals surface area contributed by atoms with Crippen LogP contribution >= 0.6 is 11.6 Å². The van der Waals surface area contributed by atoms with E-state index in [4.69, 9.17) is 11.6 Å². The summed E-state index contributed by atoms with van der Waals surface area (Å²) in [6, 6.07) is 9.18. The van der Waals surface area contributed by atoms with E-state index in [-0.39, 0.29) is 5.91 Å². The van der Waals surface area contributed by atoms with E-state index in [1.165, 1.54) is 0 Å². The van der Waals surface area contributed by atoms with Crippen molar-refractivity contribution in [2.24, 2.45) is 0 Å². The van der Waals surface area contributed by atoms with Gasteiger partial charge in [-0.25, -0.2) is 0 Å². The van der Waals surface area contributed by atoms with E-state index in [1.54, 1.807) is 12.1 Å². The summed E-state index contributed by atoms with van der Waals surface area (Å²) in [5, 5.41) is 8.53. The number of fused-ring (bicyclic) bond motifs is 1. The predicted octanol–water partition coefficient (Wildman–Crippen LogP) is 3.13. The number of benzene rings is 1. The number of halogens is 1. The Morgan fingerprint density at radius 3 is 2.83 bits per heavy atom. The number of carbonyl (C=O) groups is 1. The van der Waals surface area contributed by atoms with E-state index in [1.807, 2.05) is 42.9 Å². The molecule has 0 bridgehead atoms. The van der Waals surface area contributed by atoms with Crippen molar-refractivity contribution in [1.82, 2.24) is 20.1 Å². The van der Waals surface area contributed by atoms with E-state index in [2.05, 4.69) is 15.4 Å². The molecule has 6 heteroatoms. The summed E-state index contributed by atoms with van der Waals surface area (Å²) < 4.78 is 1.81. The minimum absolute atomic E-state index is 0.133. The van der Waals surface area contributed by atoms with E-state index in [9.17, 15) is 4.79 Å². The molecule has 1 amide bonds. The highest BCUT2D eigenvalue weighted by atomic mass is 35.5. The Bertz CT molecular complexity index is 872. The van der Waals surface area contributed by atoms with Crippen molar-refractivity contribution >= 4 is 28.4 Å². The fourth-order valence-electron chi connectivity index (χ4n) is 2.50. The number of para-hydroxylation sites is 1. The second kappa shape index (κ2) is 6.38. The molecule has 0 unspecified atom stereocenters. The van der Waals surface area contributed by atoms with Gasteiger partial charge in [-0.05, 0) is 32.0 Å². The van der Waals surface area contributed by atoms with Crippen molar-refractivity contribution in [2.75, 3.05) is 6.54 Å². The van der Waals surface area contributed by atoms with E-state index >= 15 is 0 Å². The van der Waals surface area contributed by atoms with Crippen LogP contribution in [0.2, 0.25) is 5.02 Å². The maximum atomic E-state index is 12.5. The molecule has 3 aromatic rings. The predicted molar refractivity (Wildman–Crippen MR) is 90.8 cm³/mol.